The van der Waals surface area contributed by atoms with Gasteiger partial charge in [0.1, 0.15) is 17.7 Å². The zero-order valence-corrected chi connectivity index (χ0v) is 17.9. The molecule has 0 bridgehead atoms. The normalized spacial score (nSPS) is 20.1. The fraction of sp³-hybridized carbons (Fsp3) is 0.600. The molecular weight excluding hydrogens is 360 g/mol. The Kier molecular flexibility index (Phi) is 7.30. The minimum absolute atomic E-state index is 0.110. The summed E-state index contributed by atoms with van der Waals surface area (Å²) >= 11 is 0. The fourth-order valence-electron chi connectivity index (χ4n) is 3.31. The Labute approximate surface area is 167 Å². The van der Waals surface area contributed by atoms with Gasteiger partial charge in [-0.15, -0.1) is 0 Å². The summed E-state index contributed by atoms with van der Waals surface area (Å²) in [5.41, 5.74) is 0.870. The molecule has 0 aromatic heterocycles. The number of nitrogens with one attached hydrogen (secondary N) is 1. The van der Waals surface area contributed by atoms with E-state index in [-0.39, 0.29) is 12.9 Å². The summed E-state index contributed by atoms with van der Waals surface area (Å²) in [7, 11) is 7.34. The number of ether oxygens (including phenoxy) is 2. The van der Waals surface area contributed by atoms with Crippen molar-refractivity contribution in [2.24, 2.45) is 0 Å². The third-order valence-corrected chi connectivity index (χ3v) is 4.26. The van der Waals surface area contributed by atoms with Crippen LogP contribution in [0.3, 0.4) is 0 Å². The van der Waals surface area contributed by atoms with Crippen LogP contribution in [0, 0.1) is 0 Å². The number of benzene rings is 1. The number of para-hydroxylation sites is 1. The lowest BCUT2D eigenvalue weighted by molar-refractivity contribution is -0.145. The monoisotopic (exact) mass is 394 g/mol. The molecule has 1 aliphatic heterocycles. The van der Waals surface area contributed by atoms with E-state index in [1.54, 1.807) is 0 Å². The van der Waals surface area contributed by atoms with E-state index in [2.05, 4.69) is 5.32 Å². The molecule has 28 heavy (non-hydrogen) atoms. The van der Waals surface area contributed by atoms with Crippen LogP contribution in [-0.4, -0.2) is 79.3 Å². The van der Waals surface area contributed by atoms with E-state index in [9.17, 15) is 10.2 Å². The highest BCUT2D eigenvalue weighted by molar-refractivity contribution is 5.56. The van der Waals surface area contributed by atoms with Crippen molar-refractivity contribution in [3.8, 4) is 0 Å². The van der Waals surface area contributed by atoms with Crippen LogP contribution in [-0.2, 0) is 9.47 Å². The molecule has 8 nitrogen and oxygen atoms in total. The second kappa shape index (κ2) is 9.11. The Bertz CT molecular complexity index is 660. The lowest BCUT2D eigenvalue weighted by atomic mass is 10.2. The highest BCUT2D eigenvalue weighted by Gasteiger charge is 2.43. The topological polar surface area (TPSA) is 80.7 Å². The van der Waals surface area contributed by atoms with E-state index in [0.29, 0.717) is 11.5 Å². The number of methoxy groups -OCH3 is 1. The summed E-state index contributed by atoms with van der Waals surface area (Å²) < 4.78 is 10.9. The Hall–Kier alpha value is -1.84. The minimum Gasteiger partial charge on any atom is -0.380 e. The van der Waals surface area contributed by atoms with Gasteiger partial charge in [-0.2, -0.15) is 0 Å². The van der Waals surface area contributed by atoms with Crippen molar-refractivity contribution >= 4 is 5.69 Å². The van der Waals surface area contributed by atoms with Gasteiger partial charge in [0.25, 0.3) is 0 Å². The molecule has 1 aromatic carbocycles. The van der Waals surface area contributed by atoms with Crippen LogP contribution in [0.5, 0.6) is 0 Å². The molecule has 0 spiro atoms. The van der Waals surface area contributed by atoms with E-state index in [4.69, 9.17) is 9.47 Å². The van der Waals surface area contributed by atoms with Crippen molar-refractivity contribution in [3.05, 3.63) is 41.8 Å². The van der Waals surface area contributed by atoms with Crippen LogP contribution in [0.15, 0.2) is 41.8 Å². The first-order valence-corrected chi connectivity index (χ1v) is 9.34. The maximum Gasteiger partial charge on any atom is 0.200 e. The van der Waals surface area contributed by atoms with E-state index in [0.717, 1.165) is 5.69 Å². The predicted molar refractivity (Wildman–Crippen MR) is 109 cm³/mol. The Balaban J connectivity index is 2.56. The smallest absolute Gasteiger partial charge is 0.200 e. The molecule has 2 rings (SSSR count). The van der Waals surface area contributed by atoms with Crippen LogP contribution in [0.2, 0.25) is 0 Å². The summed E-state index contributed by atoms with van der Waals surface area (Å²) in [6.07, 6.45) is -2.37. The van der Waals surface area contributed by atoms with Gasteiger partial charge in [-0.3, -0.25) is 4.90 Å². The first kappa shape index (κ1) is 22.4. The van der Waals surface area contributed by atoms with E-state index in [1.807, 2.05) is 86.9 Å². The molecule has 1 aliphatic rings. The maximum atomic E-state index is 11.0. The average molecular weight is 395 g/mol. The van der Waals surface area contributed by atoms with Crippen molar-refractivity contribution in [1.82, 2.24) is 15.1 Å². The summed E-state index contributed by atoms with van der Waals surface area (Å²) in [6.45, 7) is 5.77. The molecule has 8 heteroatoms. The average Bonchev–Trinajstić information content (AvgIpc) is 2.87. The Morgan fingerprint density at radius 3 is 2.29 bits per heavy atom. The van der Waals surface area contributed by atoms with Crippen LogP contribution in [0.4, 0.5) is 5.69 Å². The first-order chi connectivity index (χ1) is 13.1. The quantitative estimate of drug-likeness (QED) is 0.567. The number of anilines is 1. The zero-order valence-electron chi connectivity index (χ0n) is 17.9. The van der Waals surface area contributed by atoms with E-state index < -0.39 is 18.1 Å². The minimum atomic E-state index is -1.20. The maximum absolute atomic E-state index is 11.0. The summed E-state index contributed by atoms with van der Waals surface area (Å²) in [5, 5.41) is 24.4. The molecule has 0 fully saturated rings. The van der Waals surface area contributed by atoms with Crippen LogP contribution in [0.1, 0.15) is 20.8 Å². The van der Waals surface area contributed by atoms with Gasteiger partial charge in [0.15, 0.2) is 6.29 Å². The molecule has 0 radical (unpaired) electrons. The van der Waals surface area contributed by atoms with Crippen LogP contribution in [0.25, 0.3) is 0 Å². The van der Waals surface area contributed by atoms with Crippen molar-refractivity contribution in [1.29, 1.82) is 0 Å². The van der Waals surface area contributed by atoms with Gasteiger partial charge in [0.2, 0.25) is 6.29 Å². The van der Waals surface area contributed by atoms with Gasteiger partial charge < -0.3 is 34.8 Å². The lowest BCUT2D eigenvalue weighted by Gasteiger charge is -2.38. The van der Waals surface area contributed by atoms with Crippen LogP contribution < -0.4 is 10.2 Å². The molecule has 0 aliphatic carbocycles. The van der Waals surface area contributed by atoms with Gasteiger partial charge in [-0.05, 0) is 47.0 Å². The first-order valence-electron chi connectivity index (χ1n) is 9.34. The Morgan fingerprint density at radius 2 is 1.79 bits per heavy atom. The second-order valence-corrected chi connectivity index (χ2v) is 8.06. The van der Waals surface area contributed by atoms with Crippen LogP contribution >= 0.6 is 0 Å². The number of hydrogen-bond acceptors (Lipinski definition) is 8. The highest BCUT2D eigenvalue weighted by Crippen LogP contribution is 2.36. The SMILES string of the molecule is COCC(O)NC1=C(C(O)OC(C)(C)C)N(c2ccccc2)C(N(C)C)N1C. The molecule has 0 saturated carbocycles. The lowest BCUT2D eigenvalue weighted by Crippen LogP contribution is -2.51. The standard InChI is InChI=1S/C20H34N4O4/c1-20(2,3)28-18(26)16-17(21-15(25)13-27-7)23(6)19(22(4)5)24(16)14-11-9-8-10-12-14/h8-12,15,18-19,21,25-26H,13H2,1-7H3. The molecule has 1 heterocycles. The number of aliphatic hydroxyl groups excluding tert-OH is 2. The second-order valence-electron chi connectivity index (χ2n) is 8.06. The fourth-order valence-corrected chi connectivity index (χ4v) is 3.31. The van der Waals surface area contributed by atoms with Gasteiger partial charge in [-0.25, -0.2) is 0 Å². The number of nitrogens with zero attached hydrogens (tertiary/aromatic N) is 3. The zero-order chi connectivity index (χ0) is 21.1. The third-order valence-electron chi connectivity index (χ3n) is 4.26. The summed E-state index contributed by atoms with van der Waals surface area (Å²) in [6, 6.07) is 9.79. The van der Waals surface area contributed by atoms with Gasteiger partial charge in [0.05, 0.1) is 12.2 Å². The summed E-state index contributed by atoms with van der Waals surface area (Å²) in [4.78, 5) is 5.98. The van der Waals surface area contributed by atoms with Crippen molar-refractivity contribution in [2.45, 2.75) is 45.2 Å². The molecule has 1 aromatic rings. The summed E-state index contributed by atoms with van der Waals surface area (Å²) in [5.74, 6) is 0.573. The molecule has 3 unspecified atom stereocenters. The van der Waals surface area contributed by atoms with Gasteiger partial charge in [-0.1, -0.05) is 18.2 Å². The molecule has 0 amide bonds. The van der Waals surface area contributed by atoms with Crippen molar-refractivity contribution in [3.63, 3.8) is 0 Å². The Morgan fingerprint density at radius 1 is 1.18 bits per heavy atom. The highest BCUT2D eigenvalue weighted by atomic mass is 16.6. The number of aliphatic hydroxyl groups is 2. The molecule has 3 atom stereocenters. The molecular formula is C20H34N4O4. The molecule has 0 saturated heterocycles. The van der Waals surface area contributed by atoms with Gasteiger partial charge in [0, 0.05) is 19.8 Å². The van der Waals surface area contributed by atoms with Crippen molar-refractivity contribution < 1.29 is 19.7 Å². The number of rotatable bonds is 8. The molecule has 3 N–H and O–H groups in total. The largest absolute Gasteiger partial charge is 0.380 e. The van der Waals surface area contributed by atoms with E-state index >= 15 is 0 Å². The molecule has 158 valence electrons. The van der Waals surface area contributed by atoms with Gasteiger partial charge >= 0.3 is 0 Å². The van der Waals surface area contributed by atoms with E-state index in [1.165, 1.54) is 7.11 Å². The third kappa shape index (κ3) is 5.15. The predicted octanol–water partition coefficient (Wildman–Crippen LogP) is 1.14. The number of hydrogen-bond donors (Lipinski definition) is 3. The van der Waals surface area contributed by atoms with Crippen molar-refractivity contribution in [2.75, 3.05) is 39.8 Å².